The molecule has 0 aliphatic carbocycles. The van der Waals surface area contributed by atoms with E-state index in [0.717, 1.165) is 4.68 Å². The lowest BCUT2D eigenvalue weighted by Gasteiger charge is -2.11. The van der Waals surface area contributed by atoms with Gasteiger partial charge >= 0.3 is 5.97 Å². The van der Waals surface area contributed by atoms with Crippen molar-refractivity contribution in [3.63, 3.8) is 0 Å². The maximum absolute atomic E-state index is 12.2. The highest BCUT2D eigenvalue weighted by Crippen LogP contribution is 2.15. The molecule has 0 radical (unpaired) electrons. The summed E-state index contributed by atoms with van der Waals surface area (Å²) >= 11 is 5.80. The molecule has 0 fully saturated rings. The van der Waals surface area contributed by atoms with Crippen LogP contribution in [-0.2, 0) is 0 Å². The van der Waals surface area contributed by atoms with Crippen LogP contribution in [0.15, 0.2) is 35.1 Å². The minimum atomic E-state index is -1.26. The molecule has 0 aliphatic heterocycles. The lowest BCUT2D eigenvalue weighted by molar-refractivity contribution is 0.0694. The van der Waals surface area contributed by atoms with E-state index in [4.69, 9.17) is 16.7 Å². The molecule has 1 aromatic heterocycles. The van der Waals surface area contributed by atoms with E-state index in [9.17, 15) is 9.59 Å². The highest BCUT2D eigenvalue weighted by Gasteiger charge is 2.16. The summed E-state index contributed by atoms with van der Waals surface area (Å²) in [4.78, 5) is 23.3. The first-order valence-corrected chi connectivity index (χ1v) is 6.41. The number of carboxylic acids is 1. The minimum Gasteiger partial charge on any atom is -0.477 e. The quantitative estimate of drug-likeness (QED) is 0.944. The van der Waals surface area contributed by atoms with Crippen LogP contribution in [0.2, 0.25) is 5.02 Å². The first-order chi connectivity index (χ1) is 9.40. The second kappa shape index (κ2) is 5.46. The highest BCUT2D eigenvalue weighted by atomic mass is 35.5. The number of aromatic carboxylic acids is 1. The van der Waals surface area contributed by atoms with E-state index in [-0.39, 0.29) is 11.5 Å². The Morgan fingerprint density at radius 3 is 2.40 bits per heavy atom. The average molecular weight is 293 g/mol. The molecule has 104 valence electrons. The molecule has 0 amide bonds. The first-order valence-electron chi connectivity index (χ1n) is 6.03. The van der Waals surface area contributed by atoms with Crippen molar-refractivity contribution in [3.8, 4) is 5.69 Å². The monoisotopic (exact) mass is 292 g/mol. The van der Waals surface area contributed by atoms with Gasteiger partial charge in [0.1, 0.15) is 5.56 Å². The lowest BCUT2D eigenvalue weighted by atomic mass is 10.1. The maximum Gasteiger partial charge on any atom is 0.341 e. The Balaban J connectivity index is 2.71. The topological polar surface area (TPSA) is 72.2 Å². The van der Waals surface area contributed by atoms with Gasteiger partial charge in [-0.15, -0.1) is 0 Å². The number of carbonyl (C=O) groups is 1. The van der Waals surface area contributed by atoms with E-state index in [1.54, 1.807) is 24.3 Å². The molecule has 0 aliphatic rings. The van der Waals surface area contributed by atoms with Gasteiger partial charge in [0.15, 0.2) is 0 Å². The average Bonchev–Trinajstić information content (AvgIpc) is 2.39. The fourth-order valence-corrected chi connectivity index (χ4v) is 1.83. The Labute approximate surface area is 120 Å². The number of aromatic nitrogens is 2. The first kappa shape index (κ1) is 14.3. The molecular formula is C14H13ClN2O3. The van der Waals surface area contributed by atoms with Gasteiger partial charge in [-0.3, -0.25) is 4.79 Å². The molecule has 0 bridgehead atoms. The Morgan fingerprint density at radius 2 is 1.90 bits per heavy atom. The minimum absolute atomic E-state index is 0.00671. The molecule has 5 nitrogen and oxygen atoms in total. The molecule has 2 rings (SSSR count). The van der Waals surface area contributed by atoms with E-state index in [1.807, 2.05) is 13.8 Å². The van der Waals surface area contributed by atoms with Gasteiger partial charge in [-0.05, 0) is 36.2 Å². The van der Waals surface area contributed by atoms with Crippen LogP contribution in [0.3, 0.4) is 0 Å². The van der Waals surface area contributed by atoms with Crippen LogP contribution < -0.4 is 5.56 Å². The number of rotatable bonds is 3. The molecule has 1 N–H and O–H groups in total. The summed E-state index contributed by atoms with van der Waals surface area (Å²) in [6, 6.07) is 7.79. The van der Waals surface area contributed by atoms with Crippen LogP contribution in [-0.4, -0.2) is 20.9 Å². The number of nitrogens with zero attached hydrogens (tertiary/aromatic N) is 2. The summed E-state index contributed by atoms with van der Waals surface area (Å²) in [5.74, 6) is -1.26. The summed E-state index contributed by atoms with van der Waals surface area (Å²) in [6.07, 6.45) is 0. The summed E-state index contributed by atoms with van der Waals surface area (Å²) in [6.45, 7) is 3.76. The van der Waals surface area contributed by atoms with E-state index >= 15 is 0 Å². The third-order valence-electron chi connectivity index (χ3n) is 2.82. The fourth-order valence-electron chi connectivity index (χ4n) is 1.71. The van der Waals surface area contributed by atoms with Crippen molar-refractivity contribution in [1.29, 1.82) is 0 Å². The number of benzene rings is 1. The SMILES string of the molecule is CC(C)c1cc(C(=O)O)c(=O)n(-c2ccc(Cl)cc2)n1. The summed E-state index contributed by atoms with van der Waals surface area (Å²) in [5, 5.41) is 13.9. The predicted molar refractivity (Wildman–Crippen MR) is 75.9 cm³/mol. The van der Waals surface area contributed by atoms with Crippen LogP contribution in [0.25, 0.3) is 5.69 Å². The highest BCUT2D eigenvalue weighted by molar-refractivity contribution is 6.30. The van der Waals surface area contributed by atoms with Gasteiger partial charge in [-0.2, -0.15) is 9.78 Å². The van der Waals surface area contributed by atoms with Gasteiger partial charge in [-0.25, -0.2) is 4.79 Å². The van der Waals surface area contributed by atoms with Crippen molar-refractivity contribution in [1.82, 2.24) is 9.78 Å². The maximum atomic E-state index is 12.2. The standard InChI is InChI=1S/C14H13ClN2O3/c1-8(2)12-7-11(14(19)20)13(18)17(16-12)10-5-3-9(15)4-6-10/h3-8H,1-2H3,(H,19,20). The van der Waals surface area contributed by atoms with Crippen LogP contribution >= 0.6 is 11.6 Å². The summed E-state index contributed by atoms with van der Waals surface area (Å²) in [7, 11) is 0. The molecule has 1 heterocycles. The Kier molecular flexibility index (Phi) is 3.90. The van der Waals surface area contributed by atoms with Crippen molar-refractivity contribution in [2.45, 2.75) is 19.8 Å². The second-order valence-corrected chi connectivity index (χ2v) is 5.07. The van der Waals surface area contributed by atoms with Gasteiger partial charge < -0.3 is 5.11 Å². The van der Waals surface area contributed by atoms with Crippen molar-refractivity contribution in [3.05, 3.63) is 57.0 Å². The van der Waals surface area contributed by atoms with Gasteiger partial charge in [0.05, 0.1) is 11.4 Å². The van der Waals surface area contributed by atoms with E-state index in [0.29, 0.717) is 16.4 Å². The van der Waals surface area contributed by atoms with Crippen LogP contribution in [0, 0.1) is 0 Å². The smallest absolute Gasteiger partial charge is 0.341 e. The third-order valence-corrected chi connectivity index (χ3v) is 3.08. The third kappa shape index (κ3) is 2.72. The summed E-state index contributed by atoms with van der Waals surface area (Å²) < 4.78 is 1.09. The van der Waals surface area contributed by atoms with Gasteiger partial charge in [0, 0.05) is 5.02 Å². The molecule has 0 saturated heterocycles. The van der Waals surface area contributed by atoms with Crippen LogP contribution in [0.5, 0.6) is 0 Å². The molecule has 0 saturated carbocycles. The molecule has 0 unspecified atom stereocenters. The number of hydrogen-bond acceptors (Lipinski definition) is 3. The molecule has 1 aromatic carbocycles. The second-order valence-electron chi connectivity index (χ2n) is 4.64. The van der Waals surface area contributed by atoms with Crippen molar-refractivity contribution in [2.75, 3.05) is 0 Å². The molecule has 0 atom stereocenters. The summed E-state index contributed by atoms with van der Waals surface area (Å²) in [5.41, 5.74) is 0.0595. The van der Waals surface area contributed by atoms with Gasteiger partial charge in [0.2, 0.25) is 0 Å². The van der Waals surface area contributed by atoms with Crippen LogP contribution in [0.1, 0.15) is 35.8 Å². The van der Waals surface area contributed by atoms with Crippen molar-refractivity contribution < 1.29 is 9.90 Å². The molecular weight excluding hydrogens is 280 g/mol. The zero-order chi connectivity index (χ0) is 14.9. The van der Waals surface area contributed by atoms with Crippen molar-refractivity contribution >= 4 is 17.6 Å². The Morgan fingerprint density at radius 1 is 1.30 bits per heavy atom. The van der Waals surface area contributed by atoms with Gasteiger partial charge in [-0.1, -0.05) is 25.4 Å². The van der Waals surface area contributed by atoms with E-state index < -0.39 is 11.5 Å². The molecule has 2 aromatic rings. The van der Waals surface area contributed by atoms with E-state index in [1.165, 1.54) is 6.07 Å². The number of hydrogen-bond donors (Lipinski definition) is 1. The predicted octanol–water partition coefficient (Wildman–Crippen LogP) is 2.71. The largest absolute Gasteiger partial charge is 0.477 e. The molecule has 0 spiro atoms. The van der Waals surface area contributed by atoms with E-state index in [2.05, 4.69) is 5.10 Å². The molecule has 6 heteroatoms. The van der Waals surface area contributed by atoms with Crippen molar-refractivity contribution in [2.24, 2.45) is 0 Å². The van der Waals surface area contributed by atoms with Crippen LogP contribution in [0.4, 0.5) is 0 Å². The normalized spacial score (nSPS) is 10.8. The number of carboxylic acid groups (broad SMARTS) is 1. The van der Waals surface area contributed by atoms with Gasteiger partial charge in [0.25, 0.3) is 5.56 Å². The molecule has 20 heavy (non-hydrogen) atoms. The zero-order valence-electron chi connectivity index (χ0n) is 11.0. The Hall–Kier alpha value is -2.14. The fraction of sp³-hybridized carbons (Fsp3) is 0.214. The zero-order valence-corrected chi connectivity index (χ0v) is 11.8. The lowest BCUT2D eigenvalue weighted by Crippen LogP contribution is -2.28. The number of halogens is 1. The Bertz CT molecular complexity index is 705.